The van der Waals surface area contributed by atoms with Crippen LogP contribution in [0.4, 0.5) is 11.4 Å². The molecule has 1 saturated heterocycles. The molecule has 0 amide bonds. The second kappa shape index (κ2) is 6.98. The molecule has 1 N–H and O–H groups in total. The minimum absolute atomic E-state index is 0.0561. The summed E-state index contributed by atoms with van der Waals surface area (Å²) in [5.41, 5.74) is 0.586. The Morgan fingerprint density at radius 1 is 1.15 bits per heavy atom. The molecule has 0 spiro atoms. The van der Waals surface area contributed by atoms with Gasteiger partial charge in [-0.2, -0.15) is 0 Å². The lowest BCUT2D eigenvalue weighted by Gasteiger charge is -2.18. The van der Waals surface area contributed by atoms with Gasteiger partial charge < -0.3 is 4.74 Å². The van der Waals surface area contributed by atoms with Crippen LogP contribution in [-0.2, 0) is 20.0 Å². The molecule has 0 aliphatic carbocycles. The van der Waals surface area contributed by atoms with E-state index in [0.717, 1.165) is 0 Å². The Hall–Kier alpha value is -1.97. The summed E-state index contributed by atoms with van der Waals surface area (Å²) in [4.78, 5) is 0.0561. The van der Waals surface area contributed by atoms with Crippen LogP contribution >= 0.6 is 11.6 Å². The molecule has 0 aromatic heterocycles. The summed E-state index contributed by atoms with van der Waals surface area (Å²) in [6.07, 6.45) is 0.547. The topological polar surface area (TPSA) is 92.8 Å². The lowest BCUT2D eigenvalue weighted by Crippen LogP contribution is -2.25. The van der Waals surface area contributed by atoms with E-state index in [4.69, 9.17) is 16.3 Å². The number of benzene rings is 2. The normalized spacial score (nSPS) is 16.5. The van der Waals surface area contributed by atoms with Gasteiger partial charge in [-0.05, 0) is 48.9 Å². The summed E-state index contributed by atoms with van der Waals surface area (Å²) in [6.45, 7) is 0.385. The molecule has 0 bridgehead atoms. The van der Waals surface area contributed by atoms with Crippen molar-refractivity contribution in [3.05, 3.63) is 47.5 Å². The molecule has 2 aromatic carbocycles. The van der Waals surface area contributed by atoms with Gasteiger partial charge in [-0.25, -0.2) is 16.8 Å². The monoisotopic (exact) mass is 416 g/mol. The van der Waals surface area contributed by atoms with Gasteiger partial charge in [0.25, 0.3) is 10.0 Å². The molecule has 10 heteroatoms. The molecule has 140 valence electrons. The number of sulfonamides is 2. The van der Waals surface area contributed by atoms with Crippen LogP contribution < -0.4 is 13.8 Å². The van der Waals surface area contributed by atoms with Gasteiger partial charge in [-0.15, -0.1) is 0 Å². The first-order valence-electron chi connectivity index (χ1n) is 7.70. The van der Waals surface area contributed by atoms with E-state index in [1.165, 1.54) is 53.9 Å². The second-order valence-electron chi connectivity index (χ2n) is 5.69. The summed E-state index contributed by atoms with van der Waals surface area (Å²) >= 11 is 6.17. The Labute approximate surface area is 157 Å². The molecule has 0 saturated carbocycles. The van der Waals surface area contributed by atoms with E-state index in [-0.39, 0.29) is 21.4 Å². The van der Waals surface area contributed by atoms with Crippen molar-refractivity contribution in [3.8, 4) is 5.75 Å². The van der Waals surface area contributed by atoms with Gasteiger partial charge in [-0.1, -0.05) is 11.6 Å². The number of methoxy groups -OCH3 is 1. The summed E-state index contributed by atoms with van der Waals surface area (Å²) in [6, 6.07) is 10.3. The van der Waals surface area contributed by atoms with Gasteiger partial charge in [-0.3, -0.25) is 9.03 Å². The molecule has 0 unspecified atom stereocenters. The highest BCUT2D eigenvalue weighted by atomic mass is 35.5. The van der Waals surface area contributed by atoms with E-state index in [9.17, 15) is 16.8 Å². The molecular formula is C16H17ClN2O5S2. The Kier molecular flexibility index (Phi) is 5.05. The van der Waals surface area contributed by atoms with Gasteiger partial charge in [0.15, 0.2) is 0 Å². The van der Waals surface area contributed by atoms with Crippen molar-refractivity contribution in [1.29, 1.82) is 0 Å². The minimum atomic E-state index is -3.84. The maximum atomic E-state index is 12.5. The average Bonchev–Trinajstić information content (AvgIpc) is 2.96. The van der Waals surface area contributed by atoms with Gasteiger partial charge in [0.05, 0.1) is 34.2 Å². The van der Waals surface area contributed by atoms with E-state index in [0.29, 0.717) is 24.4 Å². The number of nitrogens with zero attached hydrogens (tertiary/aromatic N) is 1. The molecule has 1 fully saturated rings. The summed E-state index contributed by atoms with van der Waals surface area (Å²) in [5.74, 6) is 0.634. The van der Waals surface area contributed by atoms with Gasteiger partial charge in [0, 0.05) is 6.54 Å². The number of anilines is 2. The number of hydrogen-bond acceptors (Lipinski definition) is 5. The van der Waals surface area contributed by atoms with Crippen molar-refractivity contribution in [2.75, 3.05) is 28.4 Å². The molecule has 2 aromatic rings. The first-order valence-corrected chi connectivity index (χ1v) is 11.2. The molecule has 3 rings (SSSR count). The van der Waals surface area contributed by atoms with Crippen molar-refractivity contribution in [1.82, 2.24) is 0 Å². The SMILES string of the molecule is COc1ccc(S(=O)(=O)Nc2ccc(N3CCCS3(=O)=O)cc2Cl)cc1. The fourth-order valence-electron chi connectivity index (χ4n) is 2.63. The molecule has 0 atom stereocenters. The molecule has 1 aliphatic heterocycles. The van der Waals surface area contributed by atoms with Crippen LogP contribution in [-0.4, -0.2) is 36.2 Å². The van der Waals surface area contributed by atoms with Crippen LogP contribution in [0.2, 0.25) is 5.02 Å². The zero-order valence-electron chi connectivity index (χ0n) is 13.8. The summed E-state index contributed by atoms with van der Waals surface area (Å²) < 4.78 is 57.6. The highest BCUT2D eigenvalue weighted by Gasteiger charge is 2.29. The minimum Gasteiger partial charge on any atom is -0.497 e. The Morgan fingerprint density at radius 2 is 1.85 bits per heavy atom. The number of hydrogen-bond donors (Lipinski definition) is 1. The molecule has 7 nitrogen and oxygen atoms in total. The third-order valence-corrected chi connectivity index (χ3v) is 7.52. The fraction of sp³-hybridized carbons (Fsp3) is 0.250. The number of nitrogens with one attached hydrogen (secondary N) is 1. The first kappa shape index (κ1) is 18.8. The molecule has 0 radical (unpaired) electrons. The van der Waals surface area contributed by atoms with Gasteiger partial charge in [0.2, 0.25) is 10.0 Å². The van der Waals surface area contributed by atoms with Crippen LogP contribution in [0.15, 0.2) is 47.4 Å². The van der Waals surface area contributed by atoms with Crippen molar-refractivity contribution < 1.29 is 21.6 Å². The molecule has 1 aliphatic rings. The largest absolute Gasteiger partial charge is 0.497 e. The van der Waals surface area contributed by atoms with E-state index < -0.39 is 20.0 Å². The highest BCUT2D eigenvalue weighted by molar-refractivity contribution is 7.93. The molecular weight excluding hydrogens is 400 g/mol. The predicted octanol–water partition coefficient (Wildman–Crippen LogP) is 2.69. The zero-order chi connectivity index (χ0) is 18.9. The number of ether oxygens (including phenoxy) is 1. The smallest absolute Gasteiger partial charge is 0.261 e. The quantitative estimate of drug-likeness (QED) is 0.808. The lowest BCUT2D eigenvalue weighted by atomic mass is 10.3. The fourth-order valence-corrected chi connectivity index (χ4v) is 5.54. The lowest BCUT2D eigenvalue weighted by molar-refractivity contribution is 0.414. The highest BCUT2D eigenvalue weighted by Crippen LogP contribution is 2.32. The van der Waals surface area contributed by atoms with E-state index in [1.54, 1.807) is 0 Å². The van der Waals surface area contributed by atoms with Crippen LogP contribution in [0.1, 0.15) is 6.42 Å². The van der Waals surface area contributed by atoms with Crippen molar-refractivity contribution in [3.63, 3.8) is 0 Å². The van der Waals surface area contributed by atoms with Crippen LogP contribution in [0, 0.1) is 0 Å². The van der Waals surface area contributed by atoms with Crippen molar-refractivity contribution >= 4 is 43.0 Å². The van der Waals surface area contributed by atoms with E-state index >= 15 is 0 Å². The van der Waals surface area contributed by atoms with Crippen LogP contribution in [0.5, 0.6) is 5.75 Å². The van der Waals surface area contributed by atoms with E-state index in [2.05, 4.69) is 4.72 Å². The summed E-state index contributed by atoms with van der Waals surface area (Å²) in [7, 11) is -5.68. The number of rotatable bonds is 5. The Morgan fingerprint density at radius 3 is 2.38 bits per heavy atom. The van der Waals surface area contributed by atoms with Crippen LogP contribution in [0.3, 0.4) is 0 Å². The average molecular weight is 417 g/mol. The van der Waals surface area contributed by atoms with Crippen molar-refractivity contribution in [2.45, 2.75) is 11.3 Å². The van der Waals surface area contributed by atoms with Gasteiger partial charge in [0.1, 0.15) is 5.75 Å². The van der Waals surface area contributed by atoms with E-state index in [1.807, 2.05) is 0 Å². The third kappa shape index (κ3) is 3.74. The maximum Gasteiger partial charge on any atom is 0.261 e. The molecule has 1 heterocycles. The maximum absolute atomic E-state index is 12.5. The number of halogens is 1. The predicted molar refractivity (Wildman–Crippen MR) is 101 cm³/mol. The third-order valence-electron chi connectivity index (χ3n) is 3.95. The Bertz CT molecular complexity index is 1020. The van der Waals surface area contributed by atoms with Crippen molar-refractivity contribution in [2.24, 2.45) is 0 Å². The Balaban J connectivity index is 1.85. The standard InChI is InChI=1S/C16H17ClN2O5S2/c1-24-13-4-6-14(7-5-13)26(22,23)18-16-8-3-12(11-15(16)17)19-9-2-10-25(19,20)21/h3-8,11,18H,2,9-10H2,1H3. The zero-order valence-corrected chi connectivity index (χ0v) is 16.2. The van der Waals surface area contributed by atoms with Gasteiger partial charge >= 0.3 is 0 Å². The van der Waals surface area contributed by atoms with Crippen LogP contribution in [0.25, 0.3) is 0 Å². The first-order chi connectivity index (χ1) is 12.2. The second-order valence-corrected chi connectivity index (χ2v) is 9.79. The molecule has 26 heavy (non-hydrogen) atoms. The summed E-state index contributed by atoms with van der Waals surface area (Å²) in [5, 5.41) is 0.113.